The van der Waals surface area contributed by atoms with Crippen LogP contribution in [0, 0.1) is 0 Å². The normalized spacial score (nSPS) is 23.3. The quantitative estimate of drug-likeness (QED) is 0.930. The maximum Gasteiger partial charge on any atom is 0.154 e. The van der Waals surface area contributed by atoms with Crippen LogP contribution < -0.4 is 0 Å². The van der Waals surface area contributed by atoms with Gasteiger partial charge in [-0.05, 0) is 23.7 Å². The molecule has 1 aliphatic rings. The van der Waals surface area contributed by atoms with Gasteiger partial charge in [-0.25, -0.2) is 8.42 Å². The summed E-state index contributed by atoms with van der Waals surface area (Å²) in [5.41, 5.74) is 3.39. The fourth-order valence-electron chi connectivity index (χ4n) is 3.17. The second kappa shape index (κ2) is 6.43. The molecule has 2 atom stereocenters. The molecule has 2 aromatic carbocycles. The molecule has 0 amide bonds. The molecule has 1 saturated heterocycles. The molecule has 1 aliphatic heterocycles. The molecule has 122 valence electrons. The minimum absolute atomic E-state index is 0.0260. The first-order valence-corrected chi connectivity index (χ1v) is 9.50. The lowest BCUT2D eigenvalue weighted by molar-refractivity contribution is 0.0959. The van der Waals surface area contributed by atoms with Crippen molar-refractivity contribution in [2.24, 2.45) is 0 Å². The molecule has 0 spiro atoms. The Balaban J connectivity index is 1.84. The van der Waals surface area contributed by atoms with Crippen LogP contribution in [-0.2, 0) is 16.4 Å². The Kier molecular flexibility index (Phi) is 4.53. The van der Waals surface area contributed by atoms with E-state index in [4.69, 9.17) is 0 Å². The van der Waals surface area contributed by atoms with Gasteiger partial charge in [-0.3, -0.25) is 4.90 Å². The number of nitrogens with zero attached hydrogens (tertiary/aromatic N) is 1. The summed E-state index contributed by atoms with van der Waals surface area (Å²) in [6.45, 7) is 0.600. The fraction of sp³-hybridized carbons (Fsp3) is 0.333. The highest BCUT2D eigenvalue weighted by molar-refractivity contribution is 7.91. The van der Waals surface area contributed by atoms with Crippen molar-refractivity contribution in [2.75, 3.05) is 18.6 Å². The first kappa shape index (κ1) is 16.2. The second-order valence-corrected chi connectivity index (χ2v) is 8.30. The molecule has 0 bridgehead atoms. The third-order valence-corrected chi connectivity index (χ3v) is 6.08. The van der Waals surface area contributed by atoms with Crippen LogP contribution in [0.5, 0.6) is 0 Å². The lowest BCUT2D eigenvalue weighted by Crippen LogP contribution is -2.40. The van der Waals surface area contributed by atoms with Crippen molar-refractivity contribution >= 4 is 9.84 Å². The van der Waals surface area contributed by atoms with Crippen molar-refractivity contribution in [3.63, 3.8) is 0 Å². The third kappa shape index (κ3) is 3.63. The summed E-state index contributed by atoms with van der Waals surface area (Å²) in [4.78, 5) is 1.94. The molecule has 0 saturated carbocycles. The molecular weight excluding hydrogens is 310 g/mol. The maximum atomic E-state index is 11.7. The van der Waals surface area contributed by atoms with E-state index in [0.29, 0.717) is 6.54 Å². The van der Waals surface area contributed by atoms with Crippen molar-refractivity contribution in [3.05, 3.63) is 60.2 Å². The number of hydrogen-bond donors (Lipinski definition) is 1. The van der Waals surface area contributed by atoms with Crippen molar-refractivity contribution in [1.82, 2.24) is 4.90 Å². The molecule has 0 aromatic heterocycles. The predicted octanol–water partition coefficient (Wildman–Crippen LogP) is 1.94. The third-order valence-electron chi connectivity index (χ3n) is 4.38. The van der Waals surface area contributed by atoms with E-state index < -0.39 is 15.9 Å². The molecule has 1 heterocycles. The summed E-state index contributed by atoms with van der Waals surface area (Å²) < 4.78 is 23.4. The van der Waals surface area contributed by atoms with Crippen LogP contribution in [-0.4, -0.2) is 49.1 Å². The van der Waals surface area contributed by atoms with Crippen LogP contribution in [0.4, 0.5) is 0 Å². The van der Waals surface area contributed by atoms with Gasteiger partial charge in [-0.2, -0.15) is 0 Å². The predicted molar refractivity (Wildman–Crippen MR) is 91.8 cm³/mol. The van der Waals surface area contributed by atoms with E-state index >= 15 is 0 Å². The van der Waals surface area contributed by atoms with Gasteiger partial charge in [0, 0.05) is 6.54 Å². The van der Waals surface area contributed by atoms with E-state index in [2.05, 4.69) is 24.3 Å². The zero-order chi connectivity index (χ0) is 16.4. The number of benzene rings is 2. The molecule has 0 aliphatic carbocycles. The SMILES string of the molecule is CN(Cc1ccccc1-c1ccccc1)[C@@H]1CS(=O)(=O)C[C@H]1O. The number of hydrogen-bond acceptors (Lipinski definition) is 4. The molecule has 0 unspecified atom stereocenters. The van der Waals surface area contributed by atoms with Gasteiger partial charge in [0.1, 0.15) is 0 Å². The Morgan fingerprint density at radius 1 is 1.04 bits per heavy atom. The van der Waals surface area contributed by atoms with Crippen LogP contribution in [0.1, 0.15) is 5.56 Å². The Morgan fingerprint density at radius 3 is 2.35 bits per heavy atom. The van der Waals surface area contributed by atoms with E-state index in [1.165, 1.54) is 0 Å². The number of aliphatic hydroxyl groups is 1. The first-order valence-electron chi connectivity index (χ1n) is 7.68. The lowest BCUT2D eigenvalue weighted by Gasteiger charge is -2.26. The molecule has 5 heteroatoms. The monoisotopic (exact) mass is 331 g/mol. The highest BCUT2D eigenvalue weighted by atomic mass is 32.2. The Morgan fingerprint density at radius 2 is 1.70 bits per heavy atom. The zero-order valence-corrected chi connectivity index (χ0v) is 13.9. The lowest BCUT2D eigenvalue weighted by atomic mass is 9.99. The molecule has 2 aromatic rings. The highest BCUT2D eigenvalue weighted by Crippen LogP contribution is 2.26. The summed E-state index contributed by atoms with van der Waals surface area (Å²) in [6, 6.07) is 17.9. The highest BCUT2D eigenvalue weighted by Gasteiger charge is 2.38. The minimum atomic E-state index is -3.14. The van der Waals surface area contributed by atoms with Crippen molar-refractivity contribution < 1.29 is 13.5 Å². The summed E-state index contributed by atoms with van der Waals surface area (Å²) in [5, 5.41) is 10.0. The number of likely N-dealkylation sites (N-methyl/N-ethyl adjacent to an activating group) is 1. The first-order chi connectivity index (χ1) is 11.0. The van der Waals surface area contributed by atoms with Gasteiger partial charge in [0.15, 0.2) is 9.84 Å². The molecule has 0 radical (unpaired) electrons. The molecular formula is C18H21NO3S. The summed E-state index contributed by atoms with van der Waals surface area (Å²) in [7, 11) is -1.26. The van der Waals surface area contributed by atoms with Crippen LogP contribution in [0.25, 0.3) is 11.1 Å². The summed E-state index contributed by atoms with van der Waals surface area (Å²) in [6.07, 6.45) is -0.811. The van der Waals surface area contributed by atoms with Gasteiger partial charge in [0.2, 0.25) is 0 Å². The Bertz CT molecular complexity index is 774. The fourth-order valence-corrected chi connectivity index (χ4v) is 5.05. The summed E-state index contributed by atoms with van der Waals surface area (Å²) in [5.74, 6) is -0.111. The average molecular weight is 331 g/mol. The van der Waals surface area contributed by atoms with Gasteiger partial charge < -0.3 is 5.11 Å². The molecule has 3 rings (SSSR count). The zero-order valence-electron chi connectivity index (χ0n) is 13.1. The average Bonchev–Trinajstić information content (AvgIpc) is 2.82. The van der Waals surface area contributed by atoms with E-state index in [1.54, 1.807) is 0 Å². The van der Waals surface area contributed by atoms with Crippen LogP contribution in [0.3, 0.4) is 0 Å². The largest absolute Gasteiger partial charge is 0.390 e. The van der Waals surface area contributed by atoms with E-state index in [9.17, 15) is 13.5 Å². The number of sulfone groups is 1. The topological polar surface area (TPSA) is 57.6 Å². The van der Waals surface area contributed by atoms with Gasteiger partial charge in [0.25, 0.3) is 0 Å². The number of rotatable bonds is 4. The minimum Gasteiger partial charge on any atom is -0.390 e. The van der Waals surface area contributed by atoms with Crippen molar-refractivity contribution in [3.8, 4) is 11.1 Å². The van der Waals surface area contributed by atoms with Crippen LogP contribution in [0.15, 0.2) is 54.6 Å². The molecule has 4 nitrogen and oxygen atoms in total. The second-order valence-electron chi connectivity index (χ2n) is 6.15. The van der Waals surface area contributed by atoms with Crippen molar-refractivity contribution in [1.29, 1.82) is 0 Å². The molecule has 1 fully saturated rings. The smallest absolute Gasteiger partial charge is 0.154 e. The molecule has 1 N–H and O–H groups in total. The van der Waals surface area contributed by atoms with Gasteiger partial charge in [-0.1, -0.05) is 54.6 Å². The summed E-state index contributed by atoms with van der Waals surface area (Å²) >= 11 is 0. The van der Waals surface area contributed by atoms with E-state index in [0.717, 1.165) is 16.7 Å². The standard InChI is InChI=1S/C18H21NO3S/c1-19(17-12-23(21,22)13-18(17)20)11-15-9-5-6-10-16(15)14-7-3-2-4-8-14/h2-10,17-18,20H,11-13H2,1H3/t17-,18-/m1/s1. The number of aliphatic hydroxyl groups excluding tert-OH is 1. The Labute approximate surface area is 137 Å². The van der Waals surface area contributed by atoms with Crippen molar-refractivity contribution in [2.45, 2.75) is 18.7 Å². The van der Waals surface area contributed by atoms with Gasteiger partial charge >= 0.3 is 0 Å². The van der Waals surface area contributed by atoms with Gasteiger partial charge in [0.05, 0.1) is 23.7 Å². The Hall–Kier alpha value is -1.69. The van der Waals surface area contributed by atoms with Crippen LogP contribution in [0.2, 0.25) is 0 Å². The maximum absolute atomic E-state index is 11.7. The van der Waals surface area contributed by atoms with Crippen LogP contribution >= 0.6 is 0 Å². The van der Waals surface area contributed by atoms with Gasteiger partial charge in [-0.15, -0.1) is 0 Å². The van der Waals surface area contributed by atoms with E-state index in [1.807, 2.05) is 42.3 Å². The molecule has 23 heavy (non-hydrogen) atoms. The van der Waals surface area contributed by atoms with E-state index in [-0.39, 0.29) is 17.5 Å².